The number of nitrogens with zero attached hydrogens (tertiary/aromatic N) is 1. The van der Waals surface area contributed by atoms with Crippen molar-refractivity contribution in [2.75, 3.05) is 45.9 Å². The van der Waals surface area contributed by atoms with Gasteiger partial charge in [0.05, 0.1) is 13.2 Å². The van der Waals surface area contributed by atoms with E-state index in [9.17, 15) is 0 Å². The highest BCUT2D eigenvalue weighted by atomic mass is 35.5. The fraction of sp³-hybridized carbons (Fsp3) is 1.00. The standard InChI is InChI=1S/C12H24ClNO2/c1-15-9-10-16-8-4-7-14-6-3-2-5-12(14)11-13/h12H,2-11H2,1H3. The third-order valence-corrected chi connectivity index (χ3v) is 3.45. The number of hydrogen-bond acceptors (Lipinski definition) is 3. The van der Waals surface area contributed by atoms with E-state index in [0.29, 0.717) is 19.3 Å². The predicted molar refractivity (Wildman–Crippen MR) is 67.2 cm³/mol. The molecule has 96 valence electrons. The van der Waals surface area contributed by atoms with Crippen LogP contribution in [0.5, 0.6) is 0 Å². The van der Waals surface area contributed by atoms with E-state index in [2.05, 4.69) is 4.90 Å². The normalized spacial score (nSPS) is 22.5. The monoisotopic (exact) mass is 249 g/mol. The van der Waals surface area contributed by atoms with E-state index in [0.717, 1.165) is 25.5 Å². The minimum Gasteiger partial charge on any atom is -0.382 e. The fourth-order valence-electron chi connectivity index (χ4n) is 2.14. The number of likely N-dealkylation sites (tertiary alicyclic amines) is 1. The van der Waals surface area contributed by atoms with E-state index in [4.69, 9.17) is 21.1 Å². The van der Waals surface area contributed by atoms with Crippen molar-refractivity contribution in [3.63, 3.8) is 0 Å². The lowest BCUT2D eigenvalue weighted by Crippen LogP contribution is -2.41. The Bertz CT molecular complexity index is 169. The summed E-state index contributed by atoms with van der Waals surface area (Å²) in [6, 6.07) is 0.592. The van der Waals surface area contributed by atoms with Crippen LogP contribution >= 0.6 is 11.6 Å². The van der Waals surface area contributed by atoms with Crippen LogP contribution in [0.15, 0.2) is 0 Å². The number of halogens is 1. The first-order chi connectivity index (χ1) is 7.88. The number of alkyl halides is 1. The largest absolute Gasteiger partial charge is 0.382 e. The summed E-state index contributed by atoms with van der Waals surface area (Å²) >= 11 is 5.97. The molecule has 0 aromatic rings. The van der Waals surface area contributed by atoms with Gasteiger partial charge in [0, 0.05) is 32.2 Å². The predicted octanol–water partition coefficient (Wildman–Crippen LogP) is 2.13. The van der Waals surface area contributed by atoms with Crippen LogP contribution in [0.25, 0.3) is 0 Å². The maximum Gasteiger partial charge on any atom is 0.0700 e. The van der Waals surface area contributed by atoms with Crippen LogP contribution in [-0.2, 0) is 9.47 Å². The van der Waals surface area contributed by atoms with Gasteiger partial charge in [0.2, 0.25) is 0 Å². The molecular weight excluding hydrogens is 226 g/mol. The Morgan fingerprint density at radius 1 is 1.25 bits per heavy atom. The maximum absolute atomic E-state index is 5.97. The molecule has 0 spiro atoms. The summed E-state index contributed by atoms with van der Waals surface area (Å²) in [6.07, 6.45) is 5.00. The Labute approximate surface area is 104 Å². The average Bonchev–Trinajstić information content (AvgIpc) is 2.34. The molecule has 1 atom stereocenters. The number of methoxy groups -OCH3 is 1. The second-order valence-corrected chi connectivity index (χ2v) is 4.61. The molecule has 0 amide bonds. The quantitative estimate of drug-likeness (QED) is 0.486. The summed E-state index contributed by atoms with van der Waals surface area (Å²) in [6.45, 7) is 4.54. The van der Waals surface area contributed by atoms with Crippen molar-refractivity contribution in [3.8, 4) is 0 Å². The summed E-state index contributed by atoms with van der Waals surface area (Å²) in [4.78, 5) is 2.51. The molecule has 1 rings (SSSR count). The molecule has 3 nitrogen and oxygen atoms in total. The van der Waals surface area contributed by atoms with Gasteiger partial charge in [-0.25, -0.2) is 0 Å². The summed E-state index contributed by atoms with van der Waals surface area (Å²) < 4.78 is 10.4. The molecule has 1 heterocycles. The Morgan fingerprint density at radius 3 is 2.88 bits per heavy atom. The van der Waals surface area contributed by atoms with Gasteiger partial charge in [-0.15, -0.1) is 11.6 Å². The SMILES string of the molecule is COCCOCCCN1CCCCC1CCl. The van der Waals surface area contributed by atoms with Gasteiger partial charge in [-0.05, 0) is 25.8 Å². The molecule has 0 aromatic carbocycles. The minimum absolute atomic E-state index is 0.592. The van der Waals surface area contributed by atoms with Gasteiger partial charge in [0.25, 0.3) is 0 Å². The van der Waals surface area contributed by atoms with E-state index in [1.165, 1.54) is 25.8 Å². The Balaban J connectivity index is 2.02. The van der Waals surface area contributed by atoms with Gasteiger partial charge < -0.3 is 9.47 Å². The molecular formula is C12H24ClNO2. The van der Waals surface area contributed by atoms with Crippen LogP contribution in [-0.4, -0.2) is 56.8 Å². The van der Waals surface area contributed by atoms with Gasteiger partial charge in [-0.3, -0.25) is 4.90 Å². The Morgan fingerprint density at radius 2 is 2.12 bits per heavy atom. The first-order valence-electron chi connectivity index (χ1n) is 6.25. The van der Waals surface area contributed by atoms with E-state index in [1.807, 2.05) is 0 Å². The molecule has 16 heavy (non-hydrogen) atoms. The van der Waals surface area contributed by atoms with Crippen molar-refractivity contribution in [2.24, 2.45) is 0 Å². The van der Waals surface area contributed by atoms with E-state index >= 15 is 0 Å². The zero-order chi connectivity index (χ0) is 11.6. The number of hydrogen-bond donors (Lipinski definition) is 0. The van der Waals surface area contributed by atoms with Gasteiger partial charge in [-0.1, -0.05) is 6.42 Å². The first kappa shape index (κ1) is 14.2. The van der Waals surface area contributed by atoms with Crippen molar-refractivity contribution >= 4 is 11.6 Å². The van der Waals surface area contributed by atoms with Crippen molar-refractivity contribution in [3.05, 3.63) is 0 Å². The molecule has 1 unspecified atom stereocenters. The van der Waals surface area contributed by atoms with Crippen molar-refractivity contribution < 1.29 is 9.47 Å². The van der Waals surface area contributed by atoms with Crippen molar-refractivity contribution in [1.82, 2.24) is 4.90 Å². The van der Waals surface area contributed by atoms with Gasteiger partial charge in [-0.2, -0.15) is 0 Å². The number of ether oxygens (including phenoxy) is 2. The average molecular weight is 250 g/mol. The third kappa shape index (κ3) is 5.48. The van der Waals surface area contributed by atoms with Crippen LogP contribution in [0.3, 0.4) is 0 Å². The highest BCUT2D eigenvalue weighted by molar-refractivity contribution is 6.18. The highest BCUT2D eigenvalue weighted by Crippen LogP contribution is 2.17. The lowest BCUT2D eigenvalue weighted by molar-refractivity contribution is 0.0608. The zero-order valence-electron chi connectivity index (χ0n) is 10.3. The second-order valence-electron chi connectivity index (χ2n) is 4.30. The van der Waals surface area contributed by atoms with Gasteiger partial charge >= 0.3 is 0 Å². The van der Waals surface area contributed by atoms with E-state index in [1.54, 1.807) is 7.11 Å². The van der Waals surface area contributed by atoms with Gasteiger partial charge in [0.1, 0.15) is 0 Å². The number of piperidine rings is 1. The molecule has 0 saturated carbocycles. The van der Waals surface area contributed by atoms with E-state index < -0.39 is 0 Å². The molecule has 1 aliphatic heterocycles. The van der Waals surface area contributed by atoms with Gasteiger partial charge in [0.15, 0.2) is 0 Å². The van der Waals surface area contributed by atoms with E-state index in [-0.39, 0.29) is 0 Å². The van der Waals surface area contributed by atoms with Crippen molar-refractivity contribution in [1.29, 1.82) is 0 Å². The highest BCUT2D eigenvalue weighted by Gasteiger charge is 2.20. The van der Waals surface area contributed by atoms with Crippen LogP contribution in [0.1, 0.15) is 25.7 Å². The van der Waals surface area contributed by atoms with Crippen LogP contribution in [0, 0.1) is 0 Å². The zero-order valence-corrected chi connectivity index (χ0v) is 11.0. The maximum atomic E-state index is 5.97. The first-order valence-corrected chi connectivity index (χ1v) is 6.78. The molecule has 1 fully saturated rings. The third-order valence-electron chi connectivity index (χ3n) is 3.09. The minimum atomic E-state index is 0.592. The smallest absolute Gasteiger partial charge is 0.0700 e. The molecule has 1 saturated heterocycles. The van der Waals surface area contributed by atoms with Crippen LogP contribution in [0.4, 0.5) is 0 Å². The lowest BCUT2D eigenvalue weighted by atomic mass is 10.0. The van der Waals surface area contributed by atoms with Crippen LogP contribution in [0.2, 0.25) is 0 Å². The molecule has 0 radical (unpaired) electrons. The summed E-state index contributed by atoms with van der Waals surface area (Å²) in [7, 11) is 1.70. The molecule has 0 bridgehead atoms. The Hall–Kier alpha value is 0.170. The summed E-state index contributed by atoms with van der Waals surface area (Å²) in [5.41, 5.74) is 0. The lowest BCUT2D eigenvalue weighted by Gasteiger charge is -2.34. The molecule has 0 N–H and O–H groups in total. The Kier molecular flexibility index (Phi) is 8.21. The molecule has 0 aliphatic carbocycles. The second kappa shape index (κ2) is 9.23. The molecule has 1 aliphatic rings. The fourth-order valence-corrected chi connectivity index (χ4v) is 2.49. The topological polar surface area (TPSA) is 21.7 Å². The van der Waals surface area contributed by atoms with Crippen molar-refractivity contribution in [2.45, 2.75) is 31.7 Å². The summed E-state index contributed by atoms with van der Waals surface area (Å²) in [5.74, 6) is 0.768. The summed E-state index contributed by atoms with van der Waals surface area (Å²) in [5, 5.41) is 0. The molecule has 0 aromatic heterocycles. The molecule has 4 heteroatoms. The number of rotatable bonds is 8. The van der Waals surface area contributed by atoms with Crippen LogP contribution < -0.4 is 0 Å².